The van der Waals surface area contributed by atoms with E-state index in [9.17, 15) is 17.2 Å². The Morgan fingerprint density at radius 3 is 2.30 bits per heavy atom. The van der Waals surface area contributed by atoms with Gasteiger partial charge in [-0.05, 0) is 36.6 Å². The molecule has 1 N–H and O–H groups in total. The molecule has 7 heteroatoms. The average Bonchev–Trinajstić information content (AvgIpc) is 2.43. The molecule has 0 radical (unpaired) electrons. The molecule has 0 aliphatic heterocycles. The Labute approximate surface area is 123 Å². The largest absolute Gasteiger partial charge is 0.385 e. The minimum absolute atomic E-state index is 0.370. The highest BCUT2D eigenvalue weighted by atomic mass is 35.5. The van der Waals surface area contributed by atoms with E-state index in [2.05, 4.69) is 12.2 Å². The van der Waals surface area contributed by atoms with Gasteiger partial charge in [0.05, 0.1) is 4.90 Å². The lowest BCUT2D eigenvalue weighted by Crippen LogP contribution is -2.14. The molecule has 0 spiro atoms. The van der Waals surface area contributed by atoms with Gasteiger partial charge in [0.2, 0.25) is 9.84 Å². The number of nitrogens with one attached hydrogen (secondary N) is 1. The fourth-order valence-corrected chi connectivity index (χ4v) is 2.76. The highest BCUT2D eigenvalue weighted by Crippen LogP contribution is 2.20. The number of hydrogen-bond donors (Lipinski definition) is 1. The predicted octanol–water partition coefficient (Wildman–Crippen LogP) is 3.75. The van der Waals surface area contributed by atoms with Gasteiger partial charge in [-0.3, -0.25) is 0 Å². The van der Waals surface area contributed by atoms with Gasteiger partial charge in [0.1, 0.15) is 0 Å². The van der Waals surface area contributed by atoms with Crippen molar-refractivity contribution in [3.05, 3.63) is 24.3 Å². The Hall–Kier alpha value is -0.880. The van der Waals surface area contributed by atoms with Crippen LogP contribution in [0.3, 0.4) is 0 Å². The van der Waals surface area contributed by atoms with Crippen LogP contribution >= 0.6 is 11.6 Å². The Balaban J connectivity index is 2.68. The number of sulfone groups is 1. The molecule has 0 amide bonds. The van der Waals surface area contributed by atoms with E-state index in [4.69, 9.17) is 11.6 Å². The van der Waals surface area contributed by atoms with Crippen molar-refractivity contribution in [2.24, 2.45) is 5.92 Å². The maximum Gasteiger partial charge on any atom is 0.341 e. The van der Waals surface area contributed by atoms with Crippen molar-refractivity contribution in [1.29, 1.82) is 0 Å². The zero-order valence-electron chi connectivity index (χ0n) is 11.2. The molecule has 0 aliphatic rings. The first-order chi connectivity index (χ1) is 9.41. The highest BCUT2D eigenvalue weighted by molar-refractivity contribution is 7.91. The van der Waals surface area contributed by atoms with Crippen molar-refractivity contribution in [1.82, 2.24) is 0 Å². The normalized spacial score (nSPS) is 13.4. The van der Waals surface area contributed by atoms with E-state index in [0.29, 0.717) is 24.0 Å². The summed E-state index contributed by atoms with van der Waals surface area (Å²) in [6.07, 6.45) is 1.88. The molecule has 0 bridgehead atoms. The summed E-state index contributed by atoms with van der Waals surface area (Å²) in [4.78, 5) is -0.370. The summed E-state index contributed by atoms with van der Waals surface area (Å²) in [5.74, 6) is -2.38. The van der Waals surface area contributed by atoms with Crippen LogP contribution in [-0.2, 0) is 9.84 Å². The molecule has 1 atom stereocenters. The monoisotopic (exact) mass is 325 g/mol. The topological polar surface area (TPSA) is 46.2 Å². The molecule has 114 valence electrons. The van der Waals surface area contributed by atoms with Gasteiger partial charge < -0.3 is 5.32 Å². The van der Waals surface area contributed by atoms with Crippen LogP contribution in [0.15, 0.2) is 29.2 Å². The zero-order chi connectivity index (χ0) is 15.2. The molecule has 0 aliphatic carbocycles. The van der Waals surface area contributed by atoms with E-state index in [0.717, 1.165) is 12.8 Å². The van der Waals surface area contributed by atoms with Gasteiger partial charge in [0.25, 0.3) is 0 Å². The first-order valence-electron chi connectivity index (χ1n) is 6.33. The van der Waals surface area contributed by atoms with Crippen LogP contribution in [0.2, 0.25) is 0 Å². The standard InChI is InChI=1S/C13H18ClF2NO2S/c1-2-10(7-8-14)9-17-11-3-5-12(6-4-11)20(18,19)13(15)16/h3-6,10,13,17H,2,7-9H2,1H3. The van der Waals surface area contributed by atoms with Crippen molar-refractivity contribution >= 4 is 27.1 Å². The molecule has 0 aromatic heterocycles. The minimum atomic E-state index is -4.52. The second-order valence-electron chi connectivity index (χ2n) is 4.46. The van der Waals surface area contributed by atoms with Crippen LogP contribution in [0.1, 0.15) is 19.8 Å². The van der Waals surface area contributed by atoms with E-state index in [1.54, 1.807) is 0 Å². The number of hydrogen-bond acceptors (Lipinski definition) is 3. The second-order valence-corrected chi connectivity index (χ2v) is 6.76. The fraction of sp³-hybridized carbons (Fsp3) is 0.538. The molecular weight excluding hydrogens is 308 g/mol. The Morgan fingerprint density at radius 1 is 1.25 bits per heavy atom. The lowest BCUT2D eigenvalue weighted by atomic mass is 10.0. The molecule has 1 rings (SSSR count). The minimum Gasteiger partial charge on any atom is -0.385 e. The summed E-state index contributed by atoms with van der Waals surface area (Å²) in [5, 5.41) is 3.15. The van der Waals surface area contributed by atoms with E-state index in [1.807, 2.05) is 0 Å². The lowest BCUT2D eigenvalue weighted by Gasteiger charge is -2.15. The van der Waals surface area contributed by atoms with Crippen LogP contribution in [0, 0.1) is 5.92 Å². The van der Waals surface area contributed by atoms with Crippen molar-refractivity contribution < 1.29 is 17.2 Å². The summed E-state index contributed by atoms with van der Waals surface area (Å²) < 4.78 is 47.2. The fourth-order valence-electron chi connectivity index (χ4n) is 1.73. The van der Waals surface area contributed by atoms with E-state index in [1.165, 1.54) is 24.3 Å². The quantitative estimate of drug-likeness (QED) is 0.740. The number of halogens is 3. The van der Waals surface area contributed by atoms with Gasteiger partial charge in [0, 0.05) is 18.1 Å². The number of benzene rings is 1. The Morgan fingerprint density at radius 2 is 1.85 bits per heavy atom. The molecule has 1 aromatic carbocycles. The number of alkyl halides is 3. The van der Waals surface area contributed by atoms with Gasteiger partial charge in [0.15, 0.2) is 0 Å². The van der Waals surface area contributed by atoms with Gasteiger partial charge >= 0.3 is 5.76 Å². The number of rotatable bonds is 8. The summed E-state index contributed by atoms with van der Waals surface area (Å²) in [6.45, 7) is 2.78. The van der Waals surface area contributed by atoms with Crippen molar-refractivity contribution in [3.63, 3.8) is 0 Å². The lowest BCUT2D eigenvalue weighted by molar-refractivity contribution is 0.234. The predicted molar refractivity (Wildman–Crippen MR) is 77.2 cm³/mol. The summed E-state index contributed by atoms with van der Waals surface area (Å²) >= 11 is 5.69. The van der Waals surface area contributed by atoms with Crippen LogP contribution in [-0.4, -0.2) is 26.6 Å². The van der Waals surface area contributed by atoms with Crippen LogP contribution in [0.25, 0.3) is 0 Å². The smallest absolute Gasteiger partial charge is 0.341 e. The summed E-state index contributed by atoms with van der Waals surface area (Å²) in [7, 11) is -4.52. The van der Waals surface area contributed by atoms with E-state index >= 15 is 0 Å². The van der Waals surface area contributed by atoms with Crippen LogP contribution in [0.5, 0.6) is 0 Å². The first-order valence-corrected chi connectivity index (χ1v) is 8.41. The van der Waals surface area contributed by atoms with Gasteiger partial charge in [-0.25, -0.2) is 8.42 Å². The molecular formula is C13H18ClF2NO2S. The van der Waals surface area contributed by atoms with E-state index in [-0.39, 0.29) is 4.90 Å². The highest BCUT2D eigenvalue weighted by Gasteiger charge is 2.26. The summed E-state index contributed by atoms with van der Waals surface area (Å²) in [6, 6.07) is 5.35. The third kappa shape index (κ3) is 4.59. The van der Waals surface area contributed by atoms with Gasteiger partial charge in [-0.2, -0.15) is 8.78 Å². The van der Waals surface area contributed by atoms with Crippen LogP contribution < -0.4 is 5.32 Å². The van der Waals surface area contributed by atoms with Crippen molar-refractivity contribution in [2.75, 3.05) is 17.7 Å². The molecule has 1 aromatic rings. The zero-order valence-corrected chi connectivity index (χ0v) is 12.7. The van der Waals surface area contributed by atoms with Crippen LogP contribution in [0.4, 0.5) is 14.5 Å². The molecule has 0 saturated heterocycles. The second kappa shape index (κ2) is 7.78. The van der Waals surface area contributed by atoms with E-state index < -0.39 is 15.6 Å². The third-order valence-electron chi connectivity index (χ3n) is 3.11. The molecule has 3 nitrogen and oxygen atoms in total. The average molecular weight is 326 g/mol. The maximum absolute atomic E-state index is 12.4. The molecule has 0 fully saturated rings. The Kier molecular flexibility index (Phi) is 6.68. The SMILES string of the molecule is CCC(CCCl)CNc1ccc(S(=O)(=O)C(F)F)cc1. The first kappa shape index (κ1) is 17.2. The molecule has 1 unspecified atom stereocenters. The number of anilines is 1. The van der Waals surface area contributed by atoms with Crippen molar-refractivity contribution in [3.8, 4) is 0 Å². The van der Waals surface area contributed by atoms with Gasteiger partial charge in [-0.15, -0.1) is 11.6 Å². The van der Waals surface area contributed by atoms with Crippen molar-refractivity contribution in [2.45, 2.75) is 30.4 Å². The molecule has 0 saturated carbocycles. The Bertz CT molecular complexity index is 506. The maximum atomic E-state index is 12.4. The molecule has 20 heavy (non-hydrogen) atoms. The van der Waals surface area contributed by atoms with Gasteiger partial charge in [-0.1, -0.05) is 13.3 Å². The summed E-state index contributed by atoms with van der Waals surface area (Å²) in [5.41, 5.74) is 0.700. The third-order valence-corrected chi connectivity index (χ3v) is 4.72. The molecule has 0 heterocycles.